The first-order valence-corrected chi connectivity index (χ1v) is 9.50. The quantitative estimate of drug-likeness (QED) is 0.359. The van der Waals surface area contributed by atoms with E-state index in [0.29, 0.717) is 23.6 Å². The molecule has 0 saturated heterocycles. The molecule has 2 N–H and O–H groups in total. The number of benzene rings is 1. The molecule has 2 saturated carbocycles. The van der Waals surface area contributed by atoms with Crippen LogP contribution in [0.4, 0.5) is 5.69 Å². The zero-order valence-corrected chi connectivity index (χ0v) is 19.0. The van der Waals surface area contributed by atoms with Crippen molar-refractivity contribution in [3.8, 4) is 11.5 Å². The summed E-state index contributed by atoms with van der Waals surface area (Å²) in [7, 11) is 5.08. The van der Waals surface area contributed by atoms with Crippen molar-refractivity contribution in [3.05, 3.63) is 18.2 Å². The summed E-state index contributed by atoms with van der Waals surface area (Å²) in [6, 6.07) is 6.18. The molecule has 3 rings (SSSR count). The molecule has 2 unspecified atom stereocenters. The summed E-state index contributed by atoms with van der Waals surface area (Å²) in [5, 5.41) is 7.00. The Labute approximate surface area is 179 Å². The second-order valence-electron chi connectivity index (χ2n) is 7.08. The molecule has 0 radical (unpaired) electrons. The van der Waals surface area contributed by atoms with E-state index in [-0.39, 0.29) is 29.4 Å². The second kappa shape index (κ2) is 9.82. The molecule has 2 atom stereocenters. The Bertz CT molecular complexity index is 647. The predicted molar refractivity (Wildman–Crippen MR) is 120 cm³/mol. The van der Waals surface area contributed by atoms with Crippen LogP contribution in [0.25, 0.3) is 0 Å². The summed E-state index contributed by atoms with van der Waals surface area (Å²) in [6.45, 7) is 2.87. The molecule has 152 valence electrons. The van der Waals surface area contributed by atoms with Gasteiger partial charge in [-0.3, -0.25) is 4.99 Å². The maximum atomic E-state index is 6.00. The van der Waals surface area contributed by atoms with Crippen molar-refractivity contribution >= 4 is 35.6 Å². The SMILES string of the molecule is CCOC1CC(NC(=NC)Nc2ccc(OC)c(OC)c2)C12CCCC2.I. The molecule has 0 bridgehead atoms. The molecule has 6 nitrogen and oxygen atoms in total. The number of hydrogen-bond acceptors (Lipinski definition) is 4. The average molecular weight is 489 g/mol. The first kappa shape index (κ1) is 22.1. The van der Waals surface area contributed by atoms with Gasteiger partial charge < -0.3 is 24.8 Å². The lowest BCUT2D eigenvalue weighted by molar-refractivity contribution is -0.125. The molecule has 7 heteroatoms. The Morgan fingerprint density at radius 1 is 1.19 bits per heavy atom. The number of ether oxygens (including phenoxy) is 3. The number of rotatable bonds is 6. The van der Waals surface area contributed by atoms with Crippen LogP contribution in [0.2, 0.25) is 0 Å². The van der Waals surface area contributed by atoms with E-state index in [1.165, 1.54) is 25.7 Å². The zero-order chi connectivity index (χ0) is 18.6. The maximum absolute atomic E-state index is 6.00. The fourth-order valence-corrected chi connectivity index (χ4v) is 4.46. The van der Waals surface area contributed by atoms with Crippen molar-refractivity contribution in [1.29, 1.82) is 0 Å². The van der Waals surface area contributed by atoms with Crippen LogP contribution in [0.1, 0.15) is 39.0 Å². The standard InChI is InChI=1S/C20H31N3O3.HI/c1-5-26-18-13-17(20(18)10-6-7-11-20)23-19(21-2)22-14-8-9-15(24-3)16(12-14)25-4;/h8-9,12,17-18H,5-7,10-11,13H2,1-4H3,(H2,21,22,23);1H. The minimum absolute atomic E-state index is 0. The fraction of sp³-hybridized carbons (Fsp3) is 0.650. The van der Waals surface area contributed by atoms with E-state index in [4.69, 9.17) is 14.2 Å². The van der Waals surface area contributed by atoms with Crippen LogP contribution >= 0.6 is 24.0 Å². The van der Waals surface area contributed by atoms with Crippen molar-refractivity contribution in [2.45, 2.75) is 51.2 Å². The largest absolute Gasteiger partial charge is 0.493 e. The number of nitrogens with zero attached hydrogens (tertiary/aromatic N) is 1. The van der Waals surface area contributed by atoms with Crippen LogP contribution in [-0.4, -0.2) is 46.0 Å². The molecule has 2 aliphatic rings. The molecule has 1 spiro atoms. The number of methoxy groups -OCH3 is 2. The average Bonchev–Trinajstić information content (AvgIpc) is 3.19. The van der Waals surface area contributed by atoms with Crippen molar-refractivity contribution in [1.82, 2.24) is 5.32 Å². The third kappa shape index (κ3) is 4.45. The first-order chi connectivity index (χ1) is 12.7. The van der Waals surface area contributed by atoms with Gasteiger partial charge in [0.1, 0.15) is 0 Å². The third-order valence-corrected chi connectivity index (χ3v) is 5.87. The third-order valence-electron chi connectivity index (χ3n) is 5.87. The van der Waals surface area contributed by atoms with Crippen molar-refractivity contribution < 1.29 is 14.2 Å². The highest BCUT2D eigenvalue weighted by atomic mass is 127. The molecule has 2 fully saturated rings. The first-order valence-electron chi connectivity index (χ1n) is 9.50. The van der Waals surface area contributed by atoms with Crippen LogP contribution < -0.4 is 20.1 Å². The minimum Gasteiger partial charge on any atom is -0.493 e. The van der Waals surface area contributed by atoms with Gasteiger partial charge in [-0.2, -0.15) is 0 Å². The molecule has 2 aliphatic carbocycles. The van der Waals surface area contributed by atoms with Crippen molar-refractivity contribution in [2.24, 2.45) is 10.4 Å². The Morgan fingerprint density at radius 2 is 1.89 bits per heavy atom. The second-order valence-corrected chi connectivity index (χ2v) is 7.08. The van der Waals surface area contributed by atoms with Gasteiger partial charge in [0.05, 0.1) is 20.3 Å². The Hall–Kier alpha value is -1.22. The highest BCUT2D eigenvalue weighted by Crippen LogP contribution is 2.54. The summed E-state index contributed by atoms with van der Waals surface area (Å²) in [4.78, 5) is 4.41. The van der Waals surface area contributed by atoms with Gasteiger partial charge in [0.2, 0.25) is 0 Å². The van der Waals surface area contributed by atoms with E-state index in [1.807, 2.05) is 18.2 Å². The van der Waals surface area contributed by atoms with Gasteiger partial charge >= 0.3 is 0 Å². The fourth-order valence-electron chi connectivity index (χ4n) is 4.46. The van der Waals surface area contributed by atoms with E-state index in [2.05, 4.69) is 22.5 Å². The van der Waals surface area contributed by atoms with Gasteiger partial charge in [-0.1, -0.05) is 12.8 Å². The highest BCUT2D eigenvalue weighted by molar-refractivity contribution is 14.0. The lowest BCUT2D eigenvalue weighted by Crippen LogP contribution is -2.64. The summed E-state index contributed by atoms with van der Waals surface area (Å²) >= 11 is 0. The van der Waals surface area contributed by atoms with E-state index >= 15 is 0 Å². The van der Waals surface area contributed by atoms with Gasteiger partial charge in [0, 0.05) is 36.9 Å². The normalized spacial score (nSPS) is 23.3. The molecule has 27 heavy (non-hydrogen) atoms. The van der Waals surface area contributed by atoms with Crippen molar-refractivity contribution in [3.63, 3.8) is 0 Å². The van der Waals surface area contributed by atoms with Crippen molar-refractivity contribution in [2.75, 3.05) is 33.2 Å². The summed E-state index contributed by atoms with van der Waals surface area (Å²) < 4.78 is 16.7. The molecule has 0 heterocycles. The zero-order valence-electron chi connectivity index (χ0n) is 16.7. The molecular weight excluding hydrogens is 457 g/mol. The summed E-state index contributed by atoms with van der Waals surface area (Å²) in [6.07, 6.45) is 6.49. The van der Waals surface area contributed by atoms with Gasteiger partial charge in [-0.25, -0.2) is 0 Å². The number of halogens is 1. The van der Waals surface area contributed by atoms with Crippen LogP contribution in [0, 0.1) is 5.41 Å². The monoisotopic (exact) mass is 489 g/mol. The predicted octanol–water partition coefficient (Wildman–Crippen LogP) is 4.05. The van der Waals surface area contributed by atoms with Gasteiger partial charge in [0.25, 0.3) is 0 Å². The molecule has 1 aromatic rings. The molecule has 1 aromatic carbocycles. The van der Waals surface area contributed by atoms with Gasteiger partial charge in [0.15, 0.2) is 17.5 Å². The number of anilines is 1. The van der Waals surface area contributed by atoms with E-state index < -0.39 is 0 Å². The minimum atomic E-state index is 0. The Balaban J connectivity index is 0.00000261. The lowest BCUT2D eigenvalue weighted by Gasteiger charge is -2.54. The smallest absolute Gasteiger partial charge is 0.195 e. The molecule has 0 aromatic heterocycles. The van der Waals surface area contributed by atoms with Crippen LogP contribution in [0.15, 0.2) is 23.2 Å². The maximum Gasteiger partial charge on any atom is 0.195 e. The van der Waals surface area contributed by atoms with Crippen LogP contribution in [-0.2, 0) is 4.74 Å². The number of guanidine groups is 1. The van der Waals surface area contributed by atoms with Gasteiger partial charge in [-0.15, -0.1) is 24.0 Å². The van der Waals surface area contributed by atoms with Gasteiger partial charge in [-0.05, 0) is 38.3 Å². The number of hydrogen-bond donors (Lipinski definition) is 2. The summed E-state index contributed by atoms with van der Waals surface area (Å²) in [5.41, 5.74) is 1.18. The highest BCUT2D eigenvalue weighted by Gasteiger charge is 2.56. The van der Waals surface area contributed by atoms with E-state index in [9.17, 15) is 0 Å². The topological polar surface area (TPSA) is 64.1 Å². The Kier molecular flexibility index (Phi) is 8.03. The molecule has 0 amide bonds. The molecule has 0 aliphatic heterocycles. The molecular formula is C20H32IN3O3. The Morgan fingerprint density at radius 3 is 2.48 bits per heavy atom. The number of aliphatic imine (C=N–C) groups is 1. The lowest BCUT2D eigenvalue weighted by atomic mass is 9.60. The number of nitrogens with one attached hydrogen (secondary N) is 2. The van der Waals surface area contributed by atoms with Crippen LogP contribution in [0.3, 0.4) is 0 Å². The summed E-state index contributed by atoms with van der Waals surface area (Å²) in [5.74, 6) is 2.19. The van der Waals surface area contributed by atoms with E-state index in [1.54, 1.807) is 21.3 Å². The van der Waals surface area contributed by atoms with E-state index in [0.717, 1.165) is 24.7 Å². The van der Waals surface area contributed by atoms with Crippen LogP contribution in [0.5, 0.6) is 11.5 Å².